The van der Waals surface area contributed by atoms with E-state index >= 15 is 0 Å². The minimum absolute atomic E-state index is 0.127. The van der Waals surface area contributed by atoms with Crippen LogP contribution in [0.5, 0.6) is 0 Å². The molecule has 2 aliphatic rings. The van der Waals surface area contributed by atoms with Crippen molar-refractivity contribution in [2.45, 2.75) is 45.1 Å². The molecule has 2 atom stereocenters. The molecular formula is C21H27N7O2. The molecule has 1 N–H and O–H groups in total. The molecule has 0 bridgehead atoms. The van der Waals surface area contributed by atoms with Crippen molar-refractivity contribution in [1.29, 1.82) is 0 Å². The first kappa shape index (κ1) is 19.3. The monoisotopic (exact) mass is 409 g/mol. The number of ether oxygens (including phenoxy) is 1. The summed E-state index contributed by atoms with van der Waals surface area (Å²) in [6.45, 7) is 8.08. The fraction of sp³-hybridized carbons (Fsp3) is 0.571. The van der Waals surface area contributed by atoms with Gasteiger partial charge in [-0.2, -0.15) is 5.10 Å². The molecule has 5 rings (SSSR count). The SMILES string of the molecule is Cc1cnc(CN2CC(C)C(c3nn4c(C5CCOCC5)ncc4c(=O)[nH]3)C2)nc1. The first-order valence-electron chi connectivity index (χ1n) is 10.6. The Morgan fingerprint density at radius 3 is 2.67 bits per heavy atom. The normalized spacial score (nSPS) is 23.4. The maximum Gasteiger partial charge on any atom is 0.276 e. The number of imidazole rings is 1. The molecule has 2 saturated heterocycles. The third-order valence-electron chi connectivity index (χ3n) is 6.27. The first-order valence-corrected chi connectivity index (χ1v) is 10.6. The second-order valence-electron chi connectivity index (χ2n) is 8.59. The van der Waals surface area contributed by atoms with E-state index in [-0.39, 0.29) is 17.4 Å². The van der Waals surface area contributed by atoms with Crippen molar-refractivity contribution in [3.8, 4) is 0 Å². The third-order valence-corrected chi connectivity index (χ3v) is 6.27. The predicted octanol–water partition coefficient (Wildman–Crippen LogP) is 1.65. The molecule has 0 aromatic carbocycles. The zero-order valence-corrected chi connectivity index (χ0v) is 17.4. The summed E-state index contributed by atoms with van der Waals surface area (Å²) < 4.78 is 7.25. The van der Waals surface area contributed by atoms with Crippen molar-refractivity contribution in [3.05, 3.63) is 52.0 Å². The van der Waals surface area contributed by atoms with Gasteiger partial charge in [0.1, 0.15) is 17.5 Å². The van der Waals surface area contributed by atoms with Crippen LogP contribution in [-0.2, 0) is 11.3 Å². The number of hydrogen-bond acceptors (Lipinski definition) is 7. The summed E-state index contributed by atoms with van der Waals surface area (Å²) in [4.78, 5) is 31.5. The number of nitrogens with one attached hydrogen (secondary N) is 1. The number of fused-ring (bicyclic) bond motifs is 1. The Morgan fingerprint density at radius 1 is 1.13 bits per heavy atom. The summed E-state index contributed by atoms with van der Waals surface area (Å²) in [5.41, 5.74) is 1.44. The average Bonchev–Trinajstić information content (AvgIpc) is 3.34. The maximum absolute atomic E-state index is 12.7. The first-order chi connectivity index (χ1) is 14.6. The van der Waals surface area contributed by atoms with E-state index in [1.54, 1.807) is 10.7 Å². The van der Waals surface area contributed by atoms with Crippen LogP contribution in [0.4, 0.5) is 0 Å². The van der Waals surface area contributed by atoms with E-state index in [0.29, 0.717) is 18.0 Å². The van der Waals surface area contributed by atoms with Gasteiger partial charge in [0.25, 0.3) is 5.56 Å². The average molecular weight is 409 g/mol. The smallest absolute Gasteiger partial charge is 0.276 e. The van der Waals surface area contributed by atoms with Crippen LogP contribution in [-0.4, -0.2) is 60.8 Å². The lowest BCUT2D eigenvalue weighted by molar-refractivity contribution is 0.0832. The molecule has 158 valence electrons. The summed E-state index contributed by atoms with van der Waals surface area (Å²) in [5, 5.41) is 4.86. The van der Waals surface area contributed by atoms with Gasteiger partial charge in [-0.15, -0.1) is 0 Å². The van der Waals surface area contributed by atoms with Gasteiger partial charge in [-0.3, -0.25) is 9.69 Å². The molecule has 2 unspecified atom stereocenters. The van der Waals surface area contributed by atoms with E-state index in [4.69, 9.17) is 9.84 Å². The molecule has 2 aliphatic heterocycles. The second kappa shape index (κ2) is 7.88. The van der Waals surface area contributed by atoms with Crippen LogP contribution in [0, 0.1) is 12.8 Å². The number of hydrogen-bond donors (Lipinski definition) is 1. The lowest BCUT2D eigenvalue weighted by atomic mass is 9.97. The molecule has 0 spiro atoms. The number of nitrogens with zero attached hydrogens (tertiary/aromatic N) is 6. The molecular weight excluding hydrogens is 382 g/mol. The Bertz CT molecular complexity index is 1080. The number of likely N-dealkylation sites (tertiary alicyclic amines) is 1. The number of aryl methyl sites for hydroxylation is 1. The molecule has 5 heterocycles. The van der Waals surface area contributed by atoms with Crippen molar-refractivity contribution in [1.82, 2.24) is 34.4 Å². The maximum atomic E-state index is 12.7. The Hall–Kier alpha value is -2.65. The van der Waals surface area contributed by atoms with Crippen LogP contribution in [0.25, 0.3) is 5.52 Å². The molecule has 3 aromatic heterocycles. The van der Waals surface area contributed by atoms with E-state index in [0.717, 1.165) is 62.2 Å². The molecule has 0 amide bonds. The van der Waals surface area contributed by atoms with Gasteiger partial charge >= 0.3 is 0 Å². The molecule has 0 aliphatic carbocycles. The van der Waals surface area contributed by atoms with E-state index < -0.39 is 0 Å². The number of aromatic amines is 1. The molecule has 9 nitrogen and oxygen atoms in total. The highest BCUT2D eigenvalue weighted by molar-refractivity contribution is 5.42. The van der Waals surface area contributed by atoms with Crippen LogP contribution >= 0.6 is 0 Å². The van der Waals surface area contributed by atoms with Crippen molar-refractivity contribution in [2.75, 3.05) is 26.3 Å². The van der Waals surface area contributed by atoms with E-state index in [1.807, 2.05) is 19.3 Å². The largest absolute Gasteiger partial charge is 0.381 e. The molecule has 30 heavy (non-hydrogen) atoms. The highest BCUT2D eigenvalue weighted by Crippen LogP contribution is 2.31. The standard InChI is InChI=1S/C21H27N7O2/c1-13-7-22-18(23-8-13)12-27-10-14(2)16(11-27)19-25-21(29)17-9-24-20(28(17)26-19)15-3-5-30-6-4-15/h7-9,14-16H,3-6,10-12H2,1-2H3,(H,25,26,29). The van der Waals surface area contributed by atoms with Gasteiger partial charge in [-0.05, 0) is 31.2 Å². The van der Waals surface area contributed by atoms with Crippen molar-refractivity contribution < 1.29 is 4.74 Å². The fourth-order valence-electron chi connectivity index (χ4n) is 4.59. The minimum Gasteiger partial charge on any atom is -0.381 e. The van der Waals surface area contributed by atoms with E-state index in [2.05, 4.69) is 31.8 Å². The highest BCUT2D eigenvalue weighted by Gasteiger charge is 2.34. The van der Waals surface area contributed by atoms with Crippen molar-refractivity contribution in [3.63, 3.8) is 0 Å². The zero-order valence-electron chi connectivity index (χ0n) is 17.4. The highest BCUT2D eigenvalue weighted by atomic mass is 16.5. The van der Waals surface area contributed by atoms with Gasteiger partial charge in [-0.25, -0.2) is 19.5 Å². The van der Waals surface area contributed by atoms with E-state index in [9.17, 15) is 4.79 Å². The second-order valence-corrected chi connectivity index (χ2v) is 8.59. The Labute approximate surface area is 174 Å². The van der Waals surface area contributed by atoms with Crippen LogP contribution in [0.1, 0.15) is 54.6 Å². The fourth-order valence-corrected chi connectivity index (χ4v) is 4.59. The Kier molecular flexibility index (Phi) is 5.08. The van der Waals surface area contributed by atoms with Crippen LogP contribution in [0.15, 0.2) is 23.4 Å². The summed E-state index contributed by atoms with van der Waals surface area (Å²) in [7, 11) is 0. The Balaban J connectivity index is 1.41. The quantitative estimate of drug-likeness (QED) is 0.699. The number of aromatic nitrogens is 6. The summed E-state index contributed by atoms with van der Waals surface area (Å²) in [6, 6.07) is 0. The number of H-pyrrole nitrogens is 1. The summed E-state index contributed by atoms with van der Waals surface area (Å²) in [6.07, 6.45) is 7.16. The lowest BCUT2D eigenvalue weighted by Gasteiger charge is -2.21. The molecule has 0 saturated carbocycles. The van der Waals surface area contributed by atoms with Gasteiger partial charge in [0.2, 0.25) is 0 Å². The zero-order chi connectivity index (χ0) is 20.7. The van der Waals surface area contributed by atoms with Crippen LogP contribution in [0.2, 0.25) is 0 Å². The van der Waals surface area contributed by atoms with Gasteiger partial charge in [-0.1, -0.05) is 6.92 Å². The lowest BCUT2D eigenvalue weighted by Crippen LogP contribution is -2.24. The third kappa shape index (κ3) is 3.63. The van der Waals surface area contributed by atoms with Gasteiger partial charge < -0.3 is 9.72 Å². The van der Waals surface area contributed by atoms with Gasteiger partial charge in [0.05, 0.1) is 12.7 Å². The molecule has 9 heteroatoms. The van der Waals surface area contributed by atoms with Gasteiger partial charge in [0.15, 0.2) is 5.52 Å². The Morgan fingerprint density at radius 2 is 1.90 bits per heavy atom. The molecule has 2 fully saturated rings. The summed E-state index contributed by atoms with van der Waals surface area (Å²) >= 11 is 0. The van der Waals surface area contributed by atoms with Crippen LogP contribution < -0.4 is 5.56 Å². The van der Waals surface area contributed by atoms with Gasteiger partial charge in [0, 0.05) is 50.5 Å². The number of rotatable bonds is 4. The molecule has 3 aromatic rings. The minimum atomic E-state index is -0.127. The predicted molar refractivity (Wildman–Crippen MR) is 110 cm³/mol. The molecule has 0 radical (unpaired) electrons. The van der Waals surface area contributed by atoms with Crippen molar-refractivity contribution in [2.24, 2.45) is 5.92 Å². The van der Waals surface area contributed by atoms with Crippen LogP contribution in [0.3, 0.4) is 0 Å². The van der Waals surface area contributed by atoms with E-state index in [1.165, 1.54) is 0 Å². The summed E-state index contributed by atoms with van der Waals surface area (Å²) in [5.74, 6) is 3.22. The van der Waals surface area contributed by atoms with Crippen molar-refractivity contribution >= 4 is 5.52 Å². The topological polar surface area (TPSA) is 101 Å².